The van der Waals surface area contributed by atoms with E-state index >= 15 is 0 Å². The van der Waals surface area contributed by atoms with Crippen molar-refractivity contribution in [2.24, 2.45) is 5.92 Å². The summed E-state index contributed by atoms with van der Waals surface area (Å²) in [5.41, 5.74) is 0.114. The van der Waals surface area contributed by atoms with Crippen molar-refractivity contribution in [1.82, 2.24) is 9.88 Å². The number of aromatic nitrogens is 1. The fraction of sp³-hybridized carbons (Fsp3) is 0.381. The zero-order valence-corrected chi connectivity index (χ0v) is 19.1. The number of anilines is 2. The number of piperidine rings is 1. The van der Waals surface area contributed by atoms with Gasteiger partial charge in [-0.15, -0.1) is 0 Å². The molecule has 1 aromatic carbocycles. The molecule has 0 aliphatic carbocycles. The molecular formula is C21H24BrClN4O3. The van der Waals surface area contributed by atoms with Gasteiger partial charge in [-0.25, -0.2) is 4.98 Å². The zero-order valence-electron chi connectivity index (χ0n) is 16.8. The second-order valence-corrected chi connectivity index (χ2v) is 8.91. The highest BCUT2D eigenvalue weighted by Gasteiger charge is 2.28. The maximum atomic E-state index is 12.8. The molecule has 160 valence electrons. The van der Waals surface area contributed by atoms with Gasteiger partial charge in [-0.05, 0) is 73.9 Å². The van der Waals surface area contributed by atoms with E-state index in [0.717, 1.165) is 30.4 Å². The summed E-state index contributed by atoms with van der Waals surface area (Å²) < 4.78 is 0.775. The summed E-state index contributed by atoms with van der Waals surface area (Å²) in [7, 11) is 0. The van der Waals surface area contributed by atoms with Crippen molar-refractivity contribution >= 4 is 50.9 Å². The Kier molecular flexibility index (Phi) is 7.33. The van der Waals surface area contributed by atoms with Crippen molar-refractivity contribution in [2.45, 2.75) is 32.7 Å². The van der Waals surface area contributed by atoms with E-state index in [2.05, 4.69) is 50.3 Å². The number of carbonyl (C=O) groups excluding carboxylic acids is 2. The van der Waals surface area contributed by atoms with Crippen LogP contribution in [-0.2, 0) is 4.79 Å². The first kappa shape index (κ1) is 22.5. The van der Waals surface area contributed by atoms with Gasteiger partial charge in [-0.2, -0.15) is 0 Å². The minimum Gasteiger partial charge on any atom is -0.506 e. The average molecular weight is 496 g/mol. The van der Waals surface area contributed by atoms with Crippen molar-refractivity contribution in [3.8, 4) is 5.75 Å². The van der Waals surface area contributed by atoms with Gasteiger partial charge in [0, 0.05) is 33.7 Å². The zero-order chi connectivity index (χ0) is 21.8. The number of phenols is 1. The Morgan fingerprint density at radius 2 is 1.93 bits per heavy atom. The third-order valence-corrected chi connectivity index (χ3v) is 5.86. The Balaban J connectivity index is 1.77. The van der Waals surface area contributed by atoms with E-state index in [4.69, 9.17) is 11.6 Å². The number of amides is 2. The molecule has 0 saturated carbocycles. The molecular weight excluding hydrogens is 472 g/mol. The molecule has 1 aliphatic rings. The van der Waals surface area contributed by atoms with Crippen LogP contribution in [0.4, 0.5) is 11.5 Å². The third-order valence-electron chi connectivity index (χ3n) is 5.17. The first-order chi connectivity index (χ1) is 14.2. The number of hydrogen-bond acceptors (Lipinski definition) is 5. The normalized spacial score (nSPS) is 15.2. The topological polar surface area (TPSA) is 94.6 Å². The molecule has 0 bridgehead atoms. The van der Waals surface area contributed by atoms with E-state index < -0.39 is 5.91 Å². The number of nitrogens with one attached hydrogen (secondary N) is 2. The largest absolute Gasteiger partial charge is 0.506 e. The Labute approximate surface area is 188 Å². The molecule has 0 unspecified atom stereocenters. The second kappa shape index (κ2) is 9.76. The molecule has 0 spiro atoms. The molecule has 0 atom stereocenters. The summed E-state index contributed by atoms with van der Waals surface area (Å²) in [6.45, 7) is 5.95. The van der Waals surface area contributed by atoms with Crippen LogP contribution in [0.3, 0.4) is 0 Å². The van der Waals surface area contributed by atoms with Crippen LogP contribution in [-0.4, -0.2) is 45.9 Å². The van der Waals surface area contributed by atoms with Gasteiger partial charge < -0.3 is 20.6 Å². The van der Waals surface area contributed by atoms with Gasteiger partial charge in [-0.1, -0.05) is 11.6 Å². The quantitative estimate of drug-likeness (QED) is 0.530. The Morgan fingerprint density at radius 3 is 2.53 bits per heavy atom. The summed E-state index contributed by atoms with van der Waals surface area (Å²) in [5.74, 6) is -0.857. The van der Waals surface area contributed by atoms with Crippen LogP contribution in [0.2, 0.25) is 5.02 Å². The van der Waals surface area contributed by atoms with Crippen molar-refractivity contribution in [1.29, 1.82) is 0 Å². The second-order valence-electron chi connectivity index (χ2n) is 7.56. The van der Waals surface area contributed by atoms with Gasteiger partial charge in [0.1, 0.15) is 11.6 Å². The molecule has 2 heterocycles. The van der Waals surface area contributed by atoms with Crippen LogP contribution in [0.1, 0.15) is 37.0 Å². The number of phenolic OH excluding ortho intramolecular Hbond substituents is 1. The molecule has 3 N–H and O–H groups in total. The molecule has 1 fully saturated rings. The summed E-state index contributed by atoms with van der Waals surface area (Å²) in [5, 5.41) is 16.0. The number of halogens is 2. The monoisotopic (exact) mass is 494 g/mol. The van der Waals surface area contributed by atoms with E-state index in [1.165, 1.54) is 12.1 Å². The summed E-state index contributed by atoms with van der Waals surface area (Å²) >= 11 is 9.33. The molecule has 30 heavy (non-hydrogen) atoms. The van der Waals surface area contributed by atoms with Crippen molar-refractivity contribution in [3.63, 3.8) is 0 Å². The number of benzene rings is 1. The standard InChI is InChI=1S/C21H24BrClN4O3/c1-12(2)27-7-5-13(6-8-27)20(29)26-19-16(9-15(23)10-17(19)28)21(30)25-18-4-3-14(22)11-24-18/h3-4,9-13,28H,5-8H2,1-2H3,(H,26,29)(H,24,25,30). The SMILES string of the molecule is CC(C)N1CCC(C(=O)Nc2c(O)cc(Cl)cc2C(=O)Nc2ccc(Br)cn2)CC1. The lowest BCUT2D eigenvalue weighted by Gasteiger charge is -2.34. The highest BCUT2D eigenvalue weighted by atomic mass is 79.9. The first-order valence-corrected chi connectivity index (χ1v) is 10.9. The predicted molar refractivity (Wildman–Crippen MR) is 121 cm³/mol. The minimum atomic E-state index is -0.535. The minimum absolute atomic E-state index is 0.0466. The number of aromatic hydroxyl groups is 1. The van der Waals surface area contributed by atoms with Crippen molar-refractivity contribution < 1.29 is 14.7 Å². The van der Waals surface area contributed by atoms with Crippen LogP contribution in [0.15, 0.2) is 34.9 Å². The third kappa shape index (κ3) is 5.50. The summed E-state index contributed by atoms with van der Waals surface area (Å²) in [6, 6.07) is 6.52. The maximum absolute atomic E-state index is 12.8. The molecule has 1 aromatic heterocycles. The molecule has 2 amide bonds. The van der Waals surface area contributed by atoms with Crippen LogP contribution in [0, 0.1) is 5.92 Å². The van der Waals surface area contributed by atoms with Gasteiger partial charge >= 0.3 is 0 Å². The van der Waals surface area contributed by atoms with Gasteiger partial charge in [0.25, 0.3) is 5.91 Å². The predicted octanol–water partition coefficient (Wildman–Crippen LogP) is 4.51. The molecule has 7 nitrogen and oxygen atoms in total. The summed E-state index contributed by atoms with van der Waals surface area (Å²) in [4.78, 5) is 32.1. The number of pyridine rings is 1. The Bertz CT molecular complexity index is 929. The van der Waals surface area contributed by atoms with Crippen LogP contribution >= 0.6 is 27.5 Å². The van der Waals surface area contributed by atoms with E-state index in [0.29, 0.717) is 11.9 Å². The fourth-order valence-electron chi connectivity index (χ4n) is 3.44. The highest BCUT2D eigenvalue weighted by Crippen LogP contribution is 2.33. The Hall–Kier alpha value is -2.16. The van der Waals surface area contributed by atoms with Crippen LogP contribution in [0.25, 0.3) is 0 Å². The Morgan fingerprint density at radius 1 is 1.23 bits per heavy atom. The lowest BCUT2D eigenvalue weighted by Crippen LogP contribution is -2.41. The molecule has 1 saturated heterocycles. The van der Waals surface area contributed by atoms with Crippen molar-refractivity contribution in [2.75, 3.05) is 23.7 Å². The molecule has 2 aromatic rings. The fourth-order valence-corrected chi connectivity index (χ4v) is 3.89. The number of carbonyl (C=O) groups is 2. The molecule has 0 radical (unpaired) electrons. The number of hydrogen-bond donors (Lipinski definition) is 3. The van der Waals surface area contributed by atoms with E-state index in [-0.39, 0.29) is 33.8 Å². The smallest absolute Gasteiger partial charge is 0.259 e. The lowest BCUT2D eigenvalue weighted by atomic mass is 9.95. The lowest BCUT2D eigenvalue weighted by molar-refractivity contribution is -0.121. The van der Waals surface area contributed by atoms with Gasteiger partial charge in [0.15, 0.2) is 0 Å². The van der Waals surface area contributed by atoms with E-state index in [1.807, 2.05) is 0 Å². The van der Waals surface area contributed by atoms with Gasteiger partial charge in [0.2, 0.25) is 5.91 Å². The van der Waals surface area contributed by atoms with E-state index in [1.54, 1.807) is 18.3 Å². The summed E-state index contributed by atoms with van der Waals surface area (Å²) in [6.07, 6.45) is 3.00. The number of nitrogens with zero attached hydrogens (tertiary/aromatic N) is 2. The van der Waals surface area contributed by atoms with E-state index in [9.17, 15) is 14.7 Å². The number of rotatable bonds is 5. The molecule has 3 rings (SSSR count). The van der Waals surface area contributed by atoms with Crippen LogP contribution in [0.5, 0.6) is 5.75 Å². The molecule has 1 aliphatic heterocycles. The van der Waals surface area contributed by atoms with Gasteiger partial charge in [-0.3, -0.25) is 9.59 Å². The van der Waals surface area contributed by atoms with Gasteiger partial charge in [0.05, 0.1) is 11.3 Å². The van der Waals surface area contributed by atoms with Crippen LogP contribution < -0.4 is 10.6 Å². The number of likely N-dealkylation sites (tertiary alicyclic amines) is 1. The molecule has 9 heteroatoms. The maximum Gasteiger partial charge on any atom is 0.259 e. The first-order valence-electron chi connectivity index (χ1n) is 9.75. The highest BCUT2D eigenvalue weighted by molar-refractivity contribution is 9.10. The van der Waals surface area contributed by atoms with Crippen molar-refractivity contribution in [3.05, 3.63) is 45.5 Å². The average Bonchev–Trinajstić information content (AvgIpc) is 2.71.